The Bertz CT molecular complexity index is 445. The smallest absolute Gasteiger partial charge is 0.186 e. The molecule has 1 saturated heterocycles. The second-order valence-corrected chi connectivity index (χ2v) is 6.97. The third kappa shape index (κ3) is 2.64. The van der Waals surface area contributed by atoms with Crippen molar-refractivity contribution in [2.45, 2.75) is 44.7 Å². The topological polar surface area (TPSA) is 45.4 Å². The van der Waals surface area contributed by atoms with Crippen LogP contribution in [0.1, 0.15) is 42.8 Å². The summed E-state index contributed by atoms with van der Waals surface area (Å²) < 4.78 is 0. The largest absolute Gasteiger partial charge is 0.344 e. The van der Waals surface area contributed by atoms with Gasteiger partial charge in [0.15, 0.2) is 5.13 Å². The SMILES string of the molecule is CC1CN(C)CCCN1c1nc2c(s1)C(N)CCC2. The summed E-state index contributed by atoms with van der Waals surface area (Å²) in [6.07, 6.45) is 4.64. The lowest BCUT2D eigenvalue weighted by Gasteiger charge is -2.27. The summed E-state index contributed by atoms with van der Waals surface area (Å²) in [5.41, 5.74) is 7.49. The molecule has 0 spiro atoms. The average Bonchev–Trinajstić information content (AvgIpc) is 2.72. The molecule has 2 N–H and O–H groups in total. The first-order valence-electron chi connectivity index (χ1n) is 7.35. The molecule has 1 aliphatic heterocycles. The van der Waals surface area contributed by atoms with Gasteiger partial charge in [-0.05, 0) is 46.2 Å². The van der Waals surface area contributed by atoms with E-state index in [1.165, 1.54) is 35.1 Å². The molecule has 1 aromatic rings. The van der Waals surface area contributed by atoms with Crippen molar-refractivity contribution in [1.29, 1.82) is 0 Å². The van der Waals surface area contributed by atoms with Gasteiger partial charge in [0.05, 0.1) is 5.69 Å². The number of thiazole rings is 1. The molecule has 19 heavy (non-hydrogen) atoms. The number of nitrogens with two attached hydrogens (primary N) is 1. The highest BCUT2D eigenvalue weighted by Gasteiger charge is 2.27. The van der Waals surface area contributed by atoms with E-state index in [4.69, 9.17) is 10.7 Å². The van der Waals surface area contributed by atoms with E-state index < -0.39 is 0 Å². The van der Waals surface area contributed by atoms with Gasteiger partial charge in [-0.2, -0.15) is 0 Å². The van der Waals surface area contributed by atoms with E-state index in [1.54, 1.807) is 0 Å². The first-order chi connectivity index (χ1) is 9.15. The summed E-state index contributed by atoms with van der Waals surface area (Å²) in [7, 11) is 2.21. The Morgan fingerprint density at radius 3 is 2.95 bits per heavy atom. The Kier molecular flexibility index (Phi) is 3.78. The van der Waals surface area contributed by atoms with Crippen molar-refractivity contribution in [3.8, 4) is 0 Å². The van der Waals surface area contributed by atoms with E-state index in [-0.39, 0.29) is 6.04 Å². The molecule has 0 saturated carbocycles. The number of aryl methyl sites for hydroxylation is 1. The molecule has 2 unspecified atom stereocenters. The summed E-state index contributed by atoms with van der Waals surface area (Å²) in [5.74, 6) is 0. The average molecular weight is 280 g/mol. The number of fused-ring (bicyclic) bond motifs is 1. The van der Waals surface area contributed by atoms with Crippen LogP contribution in [0, 0.1) is 0 Å². The zero-order valence-electron chi connectivity index (χ0n) is 11.9. The van der Waals surface area contributed by atoms with Gasteiger partial charge < -0.3 is 15.5 Å². The standard InChI is InChI=1S/C14H24N4S/c1-10-9-17(2)7-4-8-18(10)14-16-12-6-3-5-11(15)13(12)19-14/h10-11H,3-9,15H2,1-2H3. The Morgan fingerprint density at radius 2 is 2.16 bits per heavy atom. The van der Waals surface area contributed by atoms with Crippen molar-refractivity contribution < 1.29 is 0 Å². The first-order valence-corrected chi connectivity index (χ1v) is 8.17. The highest BCUT2D eigenvalue weighted by molar-refractivity contribution is 7.15. The number of hydrogen-bond acceptors (Lipinski definition) is 5. The fourth-order valence-electron chi connectivity index (χ4n) is 3.22. The fourth-order valence-corrected chi connectivity index (χ4v) is 4.49. The maximum absolute atomic E-state index is 6.22. The Labute approximate surface area is 119 Å². The van der Waals surface area contributed by atoms with Gasteiger partial charge in [-0.3, -0.25) is 0 Å². The second-order valence-electron chi connectivity index (χ2n) is 5.96. The van der Waals surface area contributed by atoms with Gasteiger partial charge >= 0.3 is 0 Å². The van der Waals surface area contributed by atoms with Crippen LogP contribution >= 0.6 is 11.3 Å². The van der Waals surface area contributed by atoms with Crippen molar-refractivity contribution in [1.82, 2.24) is 9.88 Å². The molecule has 0 bridgehead atoms. The number of anilines is 1. The van der Waals surface area contributed by atoms with Crippen molar-refractivity contribution in [2.24, 2.45) is 5.73 Å². The van der Waals surface area contributed by atoms with E-state index in [0.29, 0.717) is 6.04 Å². The minimum absolute atomic E-state index is 0.222. The predicted molar refractivity (Wildman–Crippen MR) is 80.9 cm³/mol. The third-order valence-electron chi connectivity index (χ3n) is 4.27. The lowest BCUT2D eigenvalue weighted by molar-refractivity contribution is 0.337. The maximum atomic E-state index is 6.22. The van der Waals surface area contributed by atoms with Crippen LogP contribution < -0.4 is 10.6 Å². The number of rotatable bonds is 1. The van der Waals surface area contributed by atoms with E-state index in [0.717, 1.165) is 25.9 Å². The summed E-state index contributed by atoms with van der Waals surface area (Å²) >= 11 is 1.84. The van der Waals surface area contributed by atoms with Crippen LogP contribution in [0.3, 0.4) is 0 Å². The molecular formula is C14H24N4S. The van der Waals surface area contributed by atoms with Crippen molar-refractivity contribution >= 4 is 16.5 Å². The van der Waals surface area contributed by atoms with E-state index in [9.17, 15) is 0 Å². The zero-order valence-corrected chi connectivity index (χ0v) is 12.7. The van der Waals surface area contributed by atoms with Gasteiger partial charge in [-0.25, -0.2) is 4.98 Å². The molecule has 1 aliphatic carbocycles. The normalized spacial score (nSPS) is 29.1. The van der Waals surface area contributed by atoms with Gasteiger partial charge in [-0.15, -0.1) is 0 Å². The number of hydrogen-bond donors (Lipinski definition) is 1. The minimum Gasteiger partial charge on any atom is -0.344 e. The molecule has 3 rings (SSSR count). The van der Waals surface area contributed by atoms with Crippen molar-refractivity contribution in [3.63, 3.8) is 0 Å². The first kappa shape index (κ1) is 13.3. The molecule has 2 heterocycles. The highest BCUT2D eigenvalue weighted by Crippen LogP contribution is 2.37. The van der Waals surface area contributed by atoms with Gasteiger partial charge in [-0.1, -0.05) is 11.3 Å². The van der Waals surface area contributed by atoms with E-state index in [2.05, 4.69) is 23.8 Å². The van der Waals surface area contributed by atoms with Crippen LogP contribution in [-0.4, -0.2) is 42.6 Å². The van der Waals surface area contributed by atoms with Crippen LogP contribution in [0.25, 0.3) is 0 Å². The van der Waals surface area contributed by atoms with Crippen molar-refractivity contribution in [3.05, 3.63) is 10.6 Å². The summed E-state index contributed by atoms with van der Waals surface area (Å²) in [4.78, 5) is 11.1. The molecule has 0 aromatic carbocycles. The molecule has 0 amide bonds. The molecule has 2 atom stereocenters. The molecule has 1 aromatic heterocycles. The molecule has 4 nitrogen and oxygen atoms in total. The molecule has 0 radical (unpaired) electrons. The highest BCUT2D eigenvalue weighted by atomic mass is 32.1. The van der Waals surface area contributed by atoms with Crippen LogP contribution in [-0.2, 0) is 6.42 Å². The fraction of sp³-hybridized carbons (Fsp3) is 0.786. The number of likely N-dealkylation sites (N-methyl/N-ethyl adjacent to an activating group) is 1. The van der Waals surface area contributed by atoms with Gasteiger partial charge in [0.25, 0.3) is 0 Å². The second kappa shape index (κ2) is 5.38. The third-order valence-corrected chi connectivity index (χ3v) is 5.54. The van der Waals surface area contributed by atoms with Gasteiger partial charge in [0.1, 0.15) is 0 Å². The minimum atomic E-state index is 0.222. The van der Waals surface area contributed by atoms with Gasteiger partial charge in [0.2, 0.25) is 0 Å². The van der Waals surface area contributed by atoms with Crippen LogP contribution in [0.4, 0.5) is 5.13 Å². The monoisotopic (exact) mass is 280 g/mol. The van der Waals surface area contributed by atoms with Crippen LogP contribution in [0.2, 0.25) is 0 Å². The lowest BCUT2D eigenvalue weighted by Crippen LogP contribution is -2.37. The van der Waals surface area contributed by atoms with E-state index >= 15 is 0 Å². The maximum Gasteiger partial charge on any atom is 0.186 e. The summed E-state index contributed by atoms with van der Waals surface area (Å²) in [6.45, 7) is 5.73. The van der Waals surface area contributed by atoms with E-state index in [1.807, 2.05) is 11.3 Å². The molecule has 1 fully saturated rings. The van der Waals surface area contributed by atoms with Crippen molar-refractivity contribution in [2.75, 3.05) is 31.6 Å². The Morgan fingerprint density at radius 1 is 1.32 bits per heavy atom. The van der Waals surface area contributed by atoms with Gasteiger partial charge in [0, 0.05) is 30.1 Å². The summed E-state index contributed by atoms with van der Waals surface area (Å²) in [5, 5.41) is 1.20. The van der Waals surface area contributed by atoms with Crippen LogP contribution in [0.5, 0.6) is 0 Å². The molecule has 5 heteroatoms. The van der Waals surface area contributed by atoms with Crippen LogP contribution in [0.15, 0.2) is 0 Å². The quantitative estimate of drug-likeness (QED) is 0.855. The Balaban J connectivity index is 1.85. The Hall–Kier alpha value is -0.650. The molecular weight excluding hydrogens is 256 g/mol. The number of nitrogens with zero attached hydrogens (tertiary/aromatic N) is 3. The number of aromatic nitrogens is 1. The zero-order chi connectivity index (χ0) is 13.4. The predicted octanol–water partition coefficient (Wildman–Crippen LogP) is 2.01. The molecule has 2 aliphatic rings. The summed E-state index contributed by atoms with van der Waals surface area (Å²) in [6, 6.07) is 0.760. The lowest BCUT2D eigenvalue weighted by atomic mass is 9.99. The molecule has 106 valence electrons.